The third-order valence-corrected chi connectivity index (χ3v) is 3.92. The summed E-state index contributed by atoms with van der Waals surface area (Å²) >= 11 is 5.64. The van der Waals surface area contributed by atoms with Gasteiger partial charge in [0.1, 0.15) is 18.2 Å². The number of aryl methyl sites for hydroxylation is 1. The van der Waals surface area contributed by atoms with E-state index in [-0.39, 0.29) is 17.4 Å². The summed E-state index contributed by atoms with van der Waals surface area (Å²) in [6.07, 6.45) is 2.41. The van der Waals surface area contributed by atoms with Gasteiger partial charge in [0.05, 0.1) is 5.02 Å². The highest BCUT2D eigenvalue weighted by molar-refractivity contribution is 6.30. The van der Waals surface area contributed by atoms with Crippen molar-refractivity contribution in [3.05, 3.63) is 63.9 Å². The fourth-order valence-corrected chi connectivity index (χ4v) is 2.63. The maximum atomic E-state index is 13.3. The molecule has 0 spiro atoms. The van der Waals surface area contributed by atoms with E-state index in [0.29, 0.717) is 17.7 Å². The second-order valence-electron chi connectivity index (χ2n) is 5.13. The summed E-state index contributed by atoms with van der Waals surface area (Å²) in [5, 5.41) is 0.103. The Balaban J connectivity index is 1.73. The number of Topliss-reactive ketones (excluding diaryl/α,β-unsaturated/α-hetero) is 1. The fourth-order valence-electron chi connectivity index (χ4n) is 2.51. The summed E-state index contributed by atoms with van der Waals surface area (Å²) in [6, 6.07) is 10.1. The Bertz CT molecular complexity index is 697. The van der Waals surface area contributed by atoms with Crippen LogP contribution in [0.3, 0.4) is 0 Å². The quantitative estimate of drug-likeness (QED) is 0.830. The maximum Gasteiger partial charge on any atom is 0.163 e. The molecule has 2 aromatic carbocycles. The number of carbonyl (C=O) groups is 1. The van der Waals surface area contributed by atoms with E-state index in [1.807, 2.05) is 12.1 Å². The fraction of sp³-hybridized carbons (Fsp3) is 0.235. The van der Waals surface area contributed by atoms with Crippen LogP contribution in [-0.2, 0) is 13.0 Å². The van der Waals surface area contributed by atoms with Crippen molar-refractivity contribution in [1.29, 1.82) is 0 Å². The predicted octanol–water partition coefficient (Wildman–Crippen LogP) is 4.58. The average Bonchev–Trinajstić information content (AvgIpc) is 2.49. The van der Waals surface area contributed by atoms with Gasteiger partial charge in [-0.2, -0.15) is 0 Å². The van der Waals surface area contributed by atoms with E-state index in [2.05, 4.69) is 0 Å². The first kappa shape index (κ1) is 14.1. The monoisotopic (exact) mass is 304 g/mol. The molecule has 4 heteroatoms. The Morgan fingerprint density at radius 1 is 1.14 bits per heavy atom. The zero-order chi connectivity index (χ0) is 14.8. The van der Waals surface area contributed by atoms with E-state index in [9.17, 15) is 9.18 Å². The van der Waals surface area contributed by atoms with Gasteiger partial charge < -0.3 is 4.74 Å². The van der Waals surface area contributed by atoms with Gasteiger partial charge in [-0.25, -0.2) is 4.39 Å². The number of fused-ring (bicyclic) bond motifs is 1. The summed E-state index contributed by atoms with van der Waals surface area (Å²) in [4.78, 5) is 11.8. The van der Waals surface area contributed by atoms with Crippen LogP contribution >= 0.6 is 11.6 Å². The number of carbonyl (C=O) groups excluding carboxylic acids is 1. The number of halogens is 2. The van der Waals surface area contributed by atoms with Crippen LogP contribution in [0.5, 0.6) is 5.75 Å². The third kappa shape index (κ3) is 3.08. The van der Waals surface area contributed by atoms with Crippen LogP contribution in [0.2, 0.25) is 5.02 Å². The summed E-state index contributed by atoms with van der Waals surface area (Å²) in [5.74, 6) is 0.440. The Labute approximate surface area is 127 Å². The number of rotatable bonds is 3. The van der Waals surface area contributed by atoms with Gasteiger partial charge in [0, 0.05) is 12.0 Å². The predicted molar refractivity (Wildman–Crippen MR) is 79.5 cm³/mol. The van der Waals surface area contributed by atoms with Crippen molar-refractivity contribution in [3.8, 4) is 5.75 Å². The van der Waals surface area contributed by atoms with Crippen molar-refractivity contribution in [1.82, 2.24) is 0 Å². The molecule has 0 radical (unpaired) electrons. The molecule has 0 N–H and O–H groups in total. The SMILES string of the molecule is O=C1CCCc2cc(OCc3ccc(Cl)c(F)c3)ccc21. The molecule has 2 aromatic rings. The molecule has 21 heavy (non-hydrogen) atoms. The van der Waals surface area contributed by atoms with Crippen LogP contribution in [-0.4, -0.2) is 5.78 Å². The first-order valence-electron chi connectivity index (χ1n) is 6.86. The molecule has 0 saturated carbocycles. The van der Waals surface area contributed by atoms with E-state index in [1.54, 1.807) is 12.1 Å². The minimum Gasteiger partial charge on any atom is -0.489 e. The Morgan fingerprint density at radius 2 is 2.00 bits per heavy atom. The number of ether oxygens (including phenoxy) is 1. The van der Waals surface area contributed by atoms with E-state index >= 15 is 0 Å². The minimum absolute atomic E-state index is 0.103. The van der Waals surface area contributed by atoms with Crippen LogP contribution in [0.25, 0.3) is 0 Å². The van der Waals surface area contributed by atoms with Crippen LogP contribution in [0.15, 0.2) is 36.4 Å². The van der Waals surface area contributed by atoms with Gasteiger partial charge in [0.2, 0.25) is 0 Å². The normalized spacial score (nSPS) is 13.9. The van der Waals surface area contributed by atoms with Crippen molar-refractivity contribution in [2.24, 2.45) is 0 Å². The Hall–Kier alpha value is -1.87. The maximum absolute atomic E-state index is 13.3. The number of hydrogen-bond acceptors (Lipinski definition) is 2. The van der Waals surface area contributed by atoms with Gasteiger partial charge in [-0.05, 0) is 54.3 Å². The largest absolute Gasteiger partial charge is 0.489 e. The number of hydrogen-bond donors (Lipinski definition) is 0. The van der Waals surface area contributed by atoms with Gasteiger partial charge in [-0.3, -0.25) is 4.79 Å². The lowest BCUT2D eigenvalue weighted by atomic mass is 9.90. The van der Waals surface area contributed by atoms with Gasteiger partial charge in [-0.15, -0.1) is 0 Å². The summed E-state index contributed by atoms with van der Waals surface area (Å²) in [6.45, 7) is 0.265. The molecule has 3 rings (SSSR count). The molecule has 0 unspecified atom stereocenters. The van der Waals surface area contributed by atoms with Gasteiger partial charge in [0.25, 0.3) is 0 Å². The molecule has 108 valence electrons. The highest BCUT2D eigenvalue weighted by Crippen LogP contribution is 2.26. The van der Waals surface area contributed by atoms with Gasteiger partial charge in [-0.1, -0.05) is 17.7 Å². The number of ketones is 1. The van der Waals surface area contributed by atoms with E-state index in [1.165, 1.54) is 12.1 Å². The zero-order valence-corrected chi connectivity index (χ0v) is 12.1. The molecule has 0 bridgehead atoms. The van der Waals surface area contributed by atoms with Gasteiger partial charge >= 0.3 is 0 Å². The highest BCUT2D eigenvalue weighted by Gasteiger charge is 2.17. The third-order valence-electron chi connectivity index (χ3n) is 3.62. The van der Waals surface area contributed by atoms with Crippen molar-refractivity contribution in [2.75, 3.05) is 0 Å². The van der Waals surface area contributed by atoms with Crippen molar-refractivity contribution in [2.45, 2.75) is 25.9 Å². The molecule has 1 aliphatic rings. The second kappa shape index (κ2) is 5.86. The molecule has 0 aromatic heterocycles. The first-order chi connectivity index (χ1) is 10.1. The summed E-state index contributed by atoms with van der Waals surface area (Å²) < 4.78 is 19.0. The van der Waals surface area contributed by atoms with E-state index in [4.69, 9.17) is 16.3 Å². The first-order valence-corrected chi connectivity index (χ1v) is 7.24. The molecular weight excluding hydrogens is 291 g/mol. The van der Waals surface area contributed by atoms with Crippen LogP contribution < -0.4 is 4.74 Å². The standard InChI is InChI=1S/C17H14ClFO2/c18-15-7-4-11(8-16(15)19)10-21-13-5-6-14-12(9-13)2-1-3-17(14)20/h4-9H,1-3,10H2. The van der Waals surface area contributed by atoms with Crippen LogP contribution in [0.4, 0.5) is 4.39 Å². The highest BCUT2D eigenvalue weighted by atomic mass is 35.5. The topological polar surface area (TPSA) is 26.3 Å². The van der Waals surface area contributed by atoms with Gasteiger partial charge in [0.15, 0.2) is 5.78 Å². The minimum atomic E-state index is -0.450. The summed E-state index contributed by atoms with van der Waals surface area (Å²) in [7, 11) is 0. The zero-order valence-electron chi connectivity index (χ0n) is 11.4. The lowest BCUT2D eigenvalue weighted by Gasteiger charge is -2.16. The van der Waals surface area contributed by atoms with E-state index < -0.39 is 5.82 Å². The Morgan fingerprint density at radius 3 is 2.81 bits per heavy atom. The molecule has 0 saturated heterocycles. The Kier molecular flexibility index (Phi) is 3.93. The summed E-state index contributed by atoms with van der Waals surface area (Å²) in [5.41, 5.74) is 2.54. The smallest absolute Gasteiger partial charge is 0.163 e. The molecule has 0 aliphatic heterocycles. The molecule has 0 heterocycles. The number of benzene rings is 2. The van der Waals surface area contributed by atoms with Crippen molar-refractivity contribution < 1.29 is 13.9 Å². The average molecular weight is 305 g/mol. The van der Waals surface area contributed by atoms with Crippen LogP contribution in [0.1, 0.15) is 34.3 Å². The van der Waals surface area contributed by atoms with Crippen LogP contribution in [0, 0.1) is 5.82 Å². The van der Waals surface area contributed by atoms with Crippen molar-refractivity contribution >= 4 is 17.4 Å². The van der Waals surface area contributed by atoms with E-state index in [0.717, 1.165) is 24.0 Å². The molecule has 0 atom stereocenters. The molecule has 0 amide bonds. The molecule has 0 fully saturated rings. The van der Waals surface area contributed by atoms with Crippen molar-refractivity contribution in [3.63, 3.8) is 0 Å². The lowest BCUT2D eigenvalue weighted by Crippen LogP contribution is -2.10. The molecular formula is C17H14ClFO2. The lowest BCUT2D eigenvalue weighted by molar-refractivity contribution is 0.0972. The second-order valence-corrected chi connectivity index (χ2v) is 5.54. The molecule has 2 nitrogen and oxygen atoms in total. The molecule has 1 aliphatic carbocycles.